The lowest BCUT2D eigenvalue weighted by molar-refractivity contribution is -0.116. The first-order chi connectivity index (χ1) is 7.76. The van der Waals surface area contributed by atoms with Crippen molar-refractivity contribution < 1.29 is 9.59 Å². The zero-order valence-corrected chi connectivity index (χ0v) is 10.4. The van der Waals surface area contributed by atoms with Gasteiger partial charge in [0.1, 0.15) is 6.29 Å². The van der Waals surface area contributed by atoms with Gasteiger partial charge < -0.3 is 10.1 Å². The molecule has 1 aromatic rings. The van der Waals surface area contributed by atoms with Gasteiger partial charge in [-0.3, -0.25) is 4.79 Å². The van der Waals surface area contributed by atoms with Crippen molar-refractivity contribution in [2.24, 2.45) is 0 Å². The molecule has 0 unspecified atom stereocenters. The minimum absolute atomic E-state index is 0.0619. The van der Waals surface area contributed by atoms with Gasteiger partial charge in [-0.2, -0.15) is 0 Å². The molecule has 0 aliphatic heterocycles. The number of carbonyl (C=O) groups excluding carboxylic acids is 2. The van der Waals surface area contributed by atoms with Gasteiger partial charge in [0, 0.05) is 23.4 Å². The number of hydrogen-bond donors (Lipinski definition) is 2. The molecule has 0 heterocycles. The van der Waals surface area contributed by atoms with Crippen molar-refractivity contribution in [1.29, 1.82) is 0 Å². The SMILES string of the molecule is O=CCCCC(=O)Nc1ccc(SS)cc1. The second-order valence-corrected chi connectivity index (χ2v) is 4.42. The number of thiol groups is 1. The maximum atomic E-state index is 11.4. The highest BCUT2D eigenvalue weighted by molar-refractivity contribution is 8.68. The molecule has 0 atom stereocenters. The standard InChI is InChI=1S/C11H13NO2S2/c13-8-2-1-3-11(14)12-9-4-6-10(16-15)7-5-9/h4-8,15H,1-3H2,(H,12,14). The summed E-state index contributed by atoms with van der Waals surface area (Å²) in [7, 11) is 1.36. The van der Waals surface area contributed by atoms with E-state index in [2.05, 4.69) is 17.0 Å². The number of hydrogen-bond acceptors (Lipinski definition) is 4. The summed E-state index contributed by atoms with van der Waals surface area (Å²) < 4.78 is 0. The predicted octanol–water partition coefficient (Wildman–Crippen LogP) is 2.93. The number of unbranched alkanes of at least 4 members (excludes halogenated alkanes) is 1. The Morgan fingerprint density at radius 2 is 2.06 bits per heavy atom. The highest BCUT2D eigenvalue weighted by atomic mass is 33.1. The molecule has 1 amide bonds. The molecule has 0 aliphatic carbocycles. The second kappa shape index (κ2) is 7.35. The molecule has 0 aromatic heterocycles. The van der Waals surface area contributed by atoms with Crippen LogP contribution in [-0.4, -0.2) is 12.2 Å². The number of carbonyl (C=O) groups is 2. The van der Waals surface area contributed by atoms with Crippen LogP contribution in [0.15, 0.2) is 29.2 Å². The average Bonchev–Trinajstić information content (AvgIpc) is 2.30. The number of nitrogens with one attached hydrogen (secondary N) is 1. The number of rotatable bonds is 6. The molecule has 86 valence electrons. The van der Waals surface area contributed by atoms with E-state index in [0.29, 0.717) is 19.3 Å². The first-order valence-corrected chi connectivity index (χ1v) is 6.78. The third-order valence-corrected chi connectivity index (χ3v) is 3.08. The molecule has 0 radical (unpaired) electrons. The predicted molar refractivity (Wildman–Crippen MR) is 69.8 cm³/mol. The van der Waals surface area contributed by atoms with Crippen LogP contribution in [0.25, 0.3) is 0 Å². The lowest BCUT2D eigenvalue weighted by Gasteiger charge is -2.04. The zero-order chi connectivity index (χ0) is 11.8. The Morgan fingerprint density at radius 3 is 2.62 bits per heavy atom. The Morgan fingerprint density at radius 1 is 1.38 bits per heavy atom. The summed E-state index contributed by atoms with van der Waals surface area (Å²) in [6, 6.07) is 7.43. The van der Waals surface area contributed by atoms with Crippen LogP contribution in [0.3, 0.4) is 0 Å². The Kier molecular flexibility index (Phi) is 6.03. The molecule has 1 N–H and O–H groups in total. The molecule has 0 saturated carbocycles. The minimum atomic E-state index is -0.0619. The van der Waals surface area contributed by atoms with E-state index in [4.69, 9.17) is 0 Å². The fourth-order valence-electron chi connectivity index (χ4n) is 1.17. The van der Waals surface area contributed by atoms with E-state index < -0.39 is 0 Å². The summed E-state index contributed by atoms with van der Waals surface area (Å²) in [4.78, 5) is 22.5. The Balaban J connectivity index is 2.40. The van der Waals surface area contributed by atoms with Crippen molar-refractivity contribution in [3.63, 3.8) is 0 Å². The molecule has 1 rings (SSSR count). The van der Waals surface area contributed by atoms with Gasteiger partial charge in [-0.1, -0.05) is 10.8 Å². The maximum Gasteiger partial charge on any atom is 0.224 e. The van der Waals surface area contributed by atoms with Gasteiger partial charge in [-0.05, 0) is 30.7 Å². The highest BCUT2D eigenvalue weighted by Gasteiger charge is 2.01. The van der Waals surface area contributed by atoms with Crippen LogP contribution in [0, 0.1) is 0 Å². The van der Waals surface area contributed by atoms with Crippen LogP contribution in [0.4, 0.5) is 5.69 Å². The third-order valence-electron chi connectivity index (χ3n) is 1.97. The topological polar surface area (TPSA) is 46.2 Å². The van der Waals surface area contributed by atoms with Crippen molar-refractivity contribution >= 4 is 40.3 Å². The minimum Gasteiger partial charge on any atom is -0.326 e. The van der Waals surface area contributed by atoms with Crippen LogP contribution in [0.1, 0.15) is 19.3 Å². The number of aldehydes is 1. The normalized spacial score (nSPS) is 9.81. The first-order valence-electron chi connectivity index (χ1n) is 4.91. The Bertz CT molecular complexity index is 352. The van der Waals surface area contributed by atoms with E-state index in [1.165, 1.54) is 10.8 Å². The lowest BCUT2D eigenvalue weighted by atomic mass is 10.2. The monoisotopic (exact) mass is 255 g/mol. The van der Waals surface area contributed by atoms with Crippen molar-refractivity contribution in [3.05, 3.63) is 24.3 Å². The van der Waals surface area contributed by atoms with Gasteiger partial charge in [-0.15, -0.1) is 11.7 Å². The zero-order valence-electron chi connectivity index (χ0n) is 8.68. The average molecular weight is 255 g/mol. The van der Waals surface area contributed by atoms with Crippen LogP contribution in [0.2, 0.25) is 0 Å². The number of amides is 1. The first kappa shape index (κ1) is 13.1. The van der Waals surface area contributed by atoms with E-state index >= 15 is 0 Å². The quantitative estimate of drug-likeness (QED) is 0.355. The molecule has 1 aromatic carbocycles. The highest BCUT2D eigenvalue weighted by Crippen LogP contribution is 2.22. The van der Waals surface area contributed by atoms with Crippen molar-refractivity contribution in [1.82, 2.24) is 0 Å². The summed E-state index contributed by atoms with van der Waals surface area (Å²) in [6.45, 7) is 0. The van der Waals surface area contributed by atoms with E-state index in [1.807, 2.05) is 24.3 Å². The van der Waals surface area contributed by atoms with Gasteiger partial charge in [0.15, 0.2) is 0 Å². The van der Waals surface area contributed by atoms with Crippen molar-refractivity contribution in [2.75, 3.05) is 5.32 Å². The molecule has 5 heteroatoms. The summed E-state index contributed by atoms with van der Waals surface area (Å²) >= 11 is 4.07. The molecule has 0 aliphatic rings. The van der Waals surface area contributed by atoms with Gasteiger partial charge in [-0.25, -0.2) is 0 Å². The molecule has 3 nitrogen and oxygen atoms in total. The van der Waals surface area contributed by atoms with Gasteiger partial charge in [0.05, 0.1) is 0 Å². The van der Waals surface area contributed by atoms with Gasteiger partial charge in [0.2, 0.25) is 5.91 Å². The lowest BCUT2D eigenvalue weighted by Crippen LogP contribution is -2.10. The van der Waals surface area contributed by atoms with Crippen molar-refractivity contribution in [2.45, 2.75) is 24.2 Å². The van der Waals surface area contributed by atoms with Crippen LogP contribution >= 0.6 is 22.5 Å². The largest absolute Gasteiger partial charge is 0.326 e. The van der Waals surface area contributed by atoms with E-state index in [0.717, 1.165) is 16.9 Å². The van der Waals surface area contributed by atoms with E-state index in [-0.39, 0.29) is 5.91 Å². The smallest absolute Gasteiger partial charge is 0.224 e. The summed E-state index contributed by atoms with van der Waals surface area (Å²) in [5.74, 6) is -0.0619. The molecular weight excluding hydrogens is 242 g/mol. The fraction of sp³-hybridized carbons (Fsp3) is 0.273. The van der Waals surface area contributed by atoms with Crippen LogP contribution in [0.5, 0.6) is 0 Å². The molecular formula is C11H13NO2S2. The van der Waals surface area contributed by atoms with Crippen LogP contribution < -0.4 is 5.32 Å². The second-order valence-electron chi connectivity index (χ2n) is 3.22. The van der Waals surface area contributed by atoms with E-state index in [9.17, 15) is 9.59 Å². The molecule has 16 heavy (non-hydrogen) atoms. The van der Waals surface area contributed by atoms with Crippen LogP contribution in [-0.2, 0) is 9.59 Å². The molecule has 0 bridgehead atoms. The van der Waals surface area contributed by atoms with Crippen molar-refractivity contribution in [3.8, 4) is 0 Å². The summed E-state index contributed by atoms with van der Waals surface area (Å²) in [5.41, 5.74) is 0.766. The number of benzene rings is 1. The molecule has 0 spiro atoms. The Hall–Kier alpha value is -0.940. The Labute approximate surface area is 104 Å². The number of anilines is 1. The van der Waals surface area contributed by atoms with Gasteiger partial charge >= 0.3 is 0 Å². The summed E-state index contributed by atoms with van der Waals surface area (Å²) in [5, 5.41) is 2.76. The summed E-state index contributed by atoms with van der Waals surface area (Å²) in [6.07, 6.45) is 2.23. The third kappa shape index (κ3) is 4.72. The molecule has 0 fully saturated rings. The van der Waals surface area contributed by atoms with Gasteiger partial charge in [0.25, 0.3) is 0 Å². The molecule has 0 saturated heterocycles. The maximum absolute atomic E-state index is 11.4. The fourth-order valence-corrected chi connectivity index (χ4v) is 1.79. The van der Waals surface area contributed by atoms with E-state index in [1.54, 1.807) is 0 Å².